The Bertz CT molecular complexity index is 618. The summed E-state index contributed by atoms with van der Waals surface area (Å²) in [7, 11) is 0. The van der Waals surface area contributed by atoms with E-state index in [4.69, 9.17) is 5.73 Å². The topological polar surface area (TPSA) is 55.1 Å². The van der Waals surface area contributed by atoms with Crippen molar-refractivity contribution in [2.24, 2.45) is 17.6 Å². The van der Waals surface area contributed by atoms with Crippen molar-refractivity contribution < 1.29 is 4.79 Å². The third kappa shape index (κ3) is 2.41. The Balaban J connectivity index is 1.84. The van der Waals surface area contributed by atoms with E-state index in [0.29, 0.717) is 12.5 Å². The van der Waals surface area contributed by atoms with Gasteiger partial charge in [0.05, 0.1) is 0 Å². The molecule has 0 aromatic heterocycles. The van der Waals surface area contributed by atoms with Gasteiger partial charge in [-0.05, 0) is 36.8 Å². The fourth-order valence-electron chi connectivity index (χ4n) is 3.22. The molecule has 1 saturated carbocycles. The first kappa shape index (κ1) is 13.1. The van der Waals surface area contributed by atoms with E-state index in [0.717, 1.165) is 35.7 Å². The number of carbonyl (C=O) groups is 1. The molecule has 2 atom stereocenters. The zero-order chi connectivity index (χ0) is 13.9. The van der Waals surface area contributed by atoms with Crippen molar-refractivity contribution in [1.82, 2.24) is 0 Å². The Labute approximate surface area is 119 Å². The van der Waals surface area contributed by atoms with Crippen molar-refractivity contribution in [3.63, 3.8) is 0 Å². The number of hydrogen-bond donors (Lipinski definition) is 2. The van der Waals surface area contributed by atoms with Gasteiger partial charge in [-0.1, -0.05) is 42.8 Å². The SMILES string of the molecule is NC[C@H]1CCC[C@H]1C(=O)Nc1cccc2ccccc12. The van der Waals surface area contributed by atoms with Crippen molar-refractivity contribution >= 4 is 22.4 Å². The number of nitrogens with two attached hydrogens (primary N) is 1. The minimum atomic E-state index is 0.0685. The van der Waals surface area contributed by atoms with Gasteiger partial charge in [-0.2, -0.15) is 0 Å². The molecule has 0 spiro atoms. The van der Waals surface area contributed by atoms with E-state index in [1.165, 1.54) is 0 Å². The summed E-state index contributed by atoms with van der Waals surface area (Å²) < 4.78 is 0. The van der Waals surface area contributed by atoms with E-state index in [1.807, 2.05) is 30.3 Å². The molecule has 2 aromatic rings. The van der Waals surface area contributed by atoms with Gasteiger partial charge in [0.25, 0.3) is 0 Å². The molecule has 3 heteroatoms. The average molecular weight is 268 g/mol. The van der Waals surface area contributed by atoms with Gasteiger partial charge in [0.2, 0.25) is 5.91 Å². The predicted molar refractivity (Wildman–Crippen MR) is 82.5 cm³/mol. The molecule has 3 nitrogen and oxygen atoms in total. The van der Waals surface area contributed by atoms with Crippen LogP contribution in [0, 0.1) is 11.8 Å². The number of hydrogen-bond acceptors (Lipinski definition) is 2. The number of benzene rings is 2. The second-order valence-corrected chi connectivity index (χ2v) is 5.55. The molecule has 3 N–H and O–H groups in total. The van der Waals surface area contributed by atoms with Crippen LogP contribution in [0.4, 0.5) is 5.69 Å². The average Bonchev–Trinajstić information content (AvgIpc) is 2.96. The summed E-state index contributed by atoms with van der Waals surface area (Å²) >= 11 is 0. The van der Waals surface area contributed by atoms with Gasteiger partial charge in [0, 0.05) is 17.0 Å². The molecule has 0 saturated heterocycles. The normalized spacial score (nSPS) is 22.1. The standard InChI is InChI=1S/C17H20N2O/c18-11-13-7-3-9-15(13)17(20)19-16-10-4-6-12-5-1-2-8-14(12)16/h1-2,4-6,8,10,13,15H,3,7,9,11,18H2,(H,19,20)/t13-,15-/m1/s1. The Morgan fingerprint density at radius 1 is 1.15 bits per heavy atom. The molecule has 0 heterocycles. The zero-order valence-electron chi connectivity index (χ0n) is 11.5. The van der Waals surface area contributed by atoms with Gasteiger partial charge >= 0.3 is 0 Å². The second kappa shape index (κ2) is 5.63. The third-order valence-electron chi connectivity index (χ3n) is 4.35. The van der Waals surface area contributed by atoms with Crippen LogP contribution in [0.25, 0.3) is 10.8 Å². The Hall–Kier alpha value is -1.87. The molecule has 0 bridgehead atoms. The lowest BCUT2D eigenvalue weighted by Crippen LogP contribution is -2.29. The minimum Gasteiger partial charge on any atom is -0.330 e. The summed E-state index contributed by atoms with van der Waals surface area (Å²) in [6.45, 7) is 0.605. The summed E-state index contributed by atoms with van der Waals surface area (Å²) in [6.07, 6.45) is 3.14. The molecule has 0 unspecified atom stereocenters. The first-order chi connectivity index (χ1) is 9.79. The quantitative estimate of drug-likeness (QED) is 0.898. The summed E-state index contributed by atoms with van der Waals surface area (Å²) in [5, 5.41) is 5.33. The van der Waals surface area contributed by atoms with Crippen LogP contribution >= 0.6 is 0 Å². The molecule has 3 rings (SSSR count). The lowest BCUT2D eigenvalue weighted by Gasteiger charge is -2.18. The van der Waals surface area contributed by atoms with Crippen LogP contribution in [-0.2, 0) is 4.79 Å². The summed E-state index contributed by atoms with van der Waals surface area (Å²) in [4.78, 5) is 12.5. The fraction of sp³-hybridized carbons (Fsp3) is 0.353. The van der Waals surface area contributed by atoms with Gasteiger partial charge in [0.1, 0.15) is 0 Å². The molecule has 2 aromatic carbocycles. The maximum Gasteiger partial charge on any atom is 0.227 e. The number of nitrogens with one attached hydrogen (secondary N) is 1. The molecule has 1 aliphatic carbocycles. The Morgan fingerprint density at radius 2 is 1.95 bits per heavy atom. The van der Waals surface area contributed by atoms with Crippen LogP contribution in [0.15, 0.2) is 42.5 Å². The van der Waals surface area contributed by atoms with Crippen molar-refractivity contribution in [1.29, 1.82) is 0 Å². The lowest BCUT2D eigenvalue weighted by atomic mass is 9.95. The van der Waals surface area contributed by atoms with Crippen molar-refractivity contribution in [3.05, 3.63) is 42.5 Å². The fourth-order valence-corrected chi connectivity index (χ4v) is 3.22. The van der Waals surface area contributed by atoms with Crippen LogP contribution in [0.2, 0.25) is 0 Å². The van der Waals surface area contributed by atoms with Gasteiger partial charge in [-0.15, -0.1) is 0 Å². The van der Waals surface area contributed by atoms with Crippen molar-refractivity contribution in [2.75, 3.05) is 11.9 Å². The summed E-state index contributed by atoms with van der Waals surface area (Å²) in [5.74, 6) is 0.526. The second-order valence-electron chi connectivity index (χ2n) is 5.55. The lowest BCUT2D eigenvalue weighted by molar-refractivity contribution is -0.120. The summed E-state index contributed by atoms with van der Waals surface area (Å²) in [6, 6.07) is 14.1. The van der Waals surface area contributed by atoms with Crippen LogP contribution in [0.3, 0.4) is 0 Å². The third-order valence-corrected chi connectivity index (χ3v) is 4.35. The number of anilines is 1. The van der Waals surface area contributed by atoms with Crippen LogP contribution in [0.5, 0.6) is 0 Å². The molecule has 1 fully saturated rings. The minimum absolute atomic E-state index is 0.0685. The maximum absolute atomic E-state index is 12.5. The molecular weight excluding hydrogens is 248 g/mol. The van der Waals surface area contributed by atoms with E-state index >= 15 is 0 Å². The highest BCUT2D eigenvalue weighted by molar-refractivity contribution is 6.02. The molecule has 104 valence electrons. The van der Waals surface area contributed by atoms with Crippen molar-refractivity contribution in [2.45, 2.75) is 19.3 Å². The highest BCUT2D eigenvalue weighted by atomic mass is 16.1. The maximum atomic E-state index is 12.5. The number of fused-ring (bicyclic) bond motifs is 1. The molecule has 20 heavy (non-hydrogen) atoms. The number of rotatable bonds is 3. The van der Waals surface area contributed by atoms with Gasteiger partial charge in [-0.3, -0.25) is 4.79 Å². The molecular formula is C17H20N2O. The van der Waals surface area contributed by atoms with Crippen LogP contribution < -0.4 is 11.1 Å². The van der Waals surface area contributed by atoms with Gasteiger partial charge in [-0.25, -0.2) is 0 Å². The first-order valence-corrected chi connectivity index (χ1v) is 7.28. The van der Waals surface area contributed by atoms with E-state index in [2.05, 4.69) is 17.4 Å². The Kier molecular flexibility index (Phi) is 3.70. The summed E-state index contributed by atoms with van der Waals surface area (Å²) in [5.41, 5.74) is 6.66. The van der Waals surface area contributed by atoms with Crippen molar-refractivity contribution in [3.8, 4) is 0 Å². The smallest absolute Gasteiger partial charge is 0.227 e. The molecule has 1 aliphatic rings. The zero-order valence-corrected chi connectivity index (χ0v) is 11.5. The molecule has 0 radical (unpaired) electrons. The first-order valence-electron chi connectivity index (χ1n) is 7.28. The van der Waals surface area contributed by atoms with E-state index in [9.17, 15) is 4.79 Å². The van der Waals surface area contributed by atoms with E-state index in [-0.39, 0.29) is 11.8 Å². The largest absolute Gasteiger partial charge is 0.330 e. The highest BCUT2D eigenvalue weighted by Gasteiger charge is 2.31. The van der Waals surface area contributed by atoms with Crippen LogP contribution in [0.1, 0.15) is 19.3 Å². The van der Waals surface area contributed by atoms with E-state index in [1.54, 1.807) is 0 Å². The monoisotopic (exact) mass is 268 g/mol. The van der Waals surface area contributed by atoms with Gasteiger partial charge < -0.3 is 11.1 Å². The molecule has 1 amide bonds. The van der Waals surface area contributed by atoms with E-state index < -0.39 is 0 Å². The van der Waals surface area contributed by atoms with Crippen LogP contribution in [-0.4, -0.2) is 12.5 Å². The number of carbonyl (C=O) groups excluding carboxylic acids is 1. The Morgan fingerprint density at radius 3 is 2.80 bits per heavy atom. The highest BCUT2D eigenvalue weighted by Crippen LogP contribution is 2.32. The molecule has 0 aliphatic heterocycles. The van der Waals surface area contributed by atoms with Gasteiger partial charge in [0.15, 0.2) is 0 Å². The number of amides is 1. The predicted octanol–water partition coefficient (Wildman–Crippen LogP) is 3.15.